The van der Waals surface area contributed by atoms with E-state index in [4.69, 9.17) is 15.9 Å². The third kappa shape index (κ3) is 4.17. The first-order valence-corrected chi connectivity index (χ1v) is 7.53. The van der Waals surface area contributed by atoms with Gasteiger partial charge in [0.2, 0.25) is 11.8 Å². The Kier molecular flexibility index (Phi) is 6.76. The Hall–Kier alpha value is -1.67. The van der Waals surface area contributed by atoms with Gasteiger partial charge in [-0.15, -0.1) is 0 Å². The van der Waals surface area contributed by atoms with E-state index in [9.17, 15) is 14.4 Å². The van der Waals surface area contributed by atoms with E-state index in [0.717, 1.165) is 6.42 Å². The van der Waals surface area contributed by atoms with Gasteiger partial charge in [-0.3, -0.25) is 9.59 Å². The lowest BCUT2D eigenvalue weighted by atomic mass is 9.98. The van der Waals surface area contributed by atoms with Crippen molar-refractivity contribution in [3.63, 3.8) is 0 Å². The van der Waals surface area contributed by atoms with Crippen molar-refractivity contribution in [2.24, 2.45) is 11.7 Å². The van der Waals surface area contributed by atoms with Crippen LogP contribution in [0.15, 0.2) is 0 Å². The van der Waals surface area contributed by atoms with Crippen molar-refractivity contribution in [3.05, 3.63) is 0 Å². The number of nitrogens with one attached hydrogen (secondary N) is 1. The topological polar surface area (TPSA) is 133 Å². The number of nitrogens with two attached hydrogens (primary N) is 1. The highest BCUT2D eigenvalue weighted by atomic mass is 16.4. The van der Waals surface area contributed by atoms with Gasteiger partial charge >= 0.3 is 5.97 Å². The Bertz CT molecular complexity index is 429. The number of carboxylic acid groups (broad SMARTS) is 1. The number of hydrogen-bond donors (Lipinski definition) is 4. The van der Waals surface area contributed by atoms with E-state index >= 15 is 0 Å². The molecular formula is C14H25N3O5. The minimum Gasteiger partial charge on any atom is -0.480 e. The van der Waals surface area contributed by atoms with Crippen LogP contribution in [0.2, 0.25) is 0 Å². The molecule has 0 aromatic heterocycles. The summed E-state index contributed by atoms with van der Waals surface area (Å²) in [5.41, 5.74) is 5.93. The number of carbonyl (C=O) groups excluding carboxylic acids is 2. The van der Waals surface area contributed by atoms with Crippen LogP contribution >= 0.6 is 0 Å². The fraction of sp³-hybridized carbons (Fsp3) is 0.786. The molecule has 2 amide bonds. The molecule has 22 heavy (non-hydrogen) atoms. The second-order valence-electron chi connectivity index (χ2n) is 5.68. The first-order chi connectivity index (χ1) is 10.3. The van der Waals surface area contributed by atoms with Crippen LogP contribution in [0, 0.1) is 5.92 Å². The van der Waals surface area contributed by atoms with Crippen LogP contribution in [0.3, 0.4) is 0 Å². The number of aliphatic carboxylic acids is 1. The van der Waals surface area contributed by atoms with Crippen molar-refractivity contribution >= 4 is 17.8 Å². The third-order valence-corrected chi connectivity index (χ3v) is 4.18. The second-order valence-corrected chi connectivity index (χ2v) is 5.68. The number of hydrogen-bond acceptors (Lipinski definition) is 5. The quantitative estimate of drug-likeness (QED) is 0.472. The van der Waals surface area contributed by atoms with Gasteiger partial charge < -0.3 is 26.2 Å². The molecule has 1 aliphatic heterocycles. The molecule has 0 unspecified atom stereocenters. The van der Waals surface area contributed by atoms with Crippen LogP contribution in [0.5, 0.6) is 0 Å². The van der Waals surface area contributed by atoms with E-state index in [1.165, 1.54) is 4.90 Å². The zero-order valence-electron chi connectivity index (χ0n) is 13.0. The first-order valence-electron chi connectivity index (χ1n) is 7.53. The van der Waals surface area contributed by atoms with E-state index in [0.29, 0.717) is 19.4 Å². The standard InChI is InChI=1S/C14H25N3O5/c1-3-8(2)11(15)13(20)17-6-4-5-10(17)12(19)16-9(7-18)14(21)22/h8-11,18H,3-7,15H2,1-2H3,(H,16,19)(H,21,22)/t8-,9-,10-,11-/m0/s1. The average molecular weight is 315 g/mol. The second kappa shape index (κ2) is 8.09. The van der Waals surface area contributed by atoms with Gasteiger partial charge in [-0.25, -0.2) is 4.79 Å². The highest BCUT2D eigenvalue weighted by Gasteiger charge is 2.38. The zero-order chi connectivity index (χ0) is 16.9. The molecule has 8 heteroatoms. The van der Waals surface area contributed by atoms with Gasteiger partial charge in [0, 0.05) is 6.54 Å². The van der Waals surface area contributed by atoms with Gasteiger partial charge in [0.25, 0.3) is 0 Å². The molecule has 0 radical (unpaired) electrons. The molecule has 0 aromatic carbocycles. The highest BCUT2D eigenvalue weighted by molar-refractivity contribution is 5.92. The van der Waals surface area contributed by atoms with Crippen LogP contribution in [-0.4, -0.2) is 64.2 Å². The molecule has 126 valence electrons. The molecule has 0 aliphatic carbocycles. The van der Waals surface area contributed by atoms with Crippen LogP contribution in [0.1, 0.15) is 33.1 Å². The maximum absolute atomic E-state index is 12.4. The summed E-state index contributed by atoms with van der Waals surface area (Å²) in [5.74, 6) is -2.17. The fourth-order valence-electron chi connectivity index (χ4n) is 2.45. The molecule has 1 saturated heterocycles. The first kappa shape index (κ1) is 18.4. The average Bonchev–Trinajstić information content (AvgIpc) is 2.99. The summed E-state index contributed by atoms with van der Waals surface area (Å²) in [6.45, 7) is 3.54. The third-order valence-electron chi connectivity index (χ3n) is 4.18. The lowest BCUT2D eigenvalue weighted by molar-refractivity contribution is -0.145. The molecule has 1 heterocycles. The van der Waals surface area contributed by atoms with Gasteiger partial charge in [-0.1, -0.05) is 20.3 Å². The molecule has 1 rings (SSSR count). The van der Waals surface area contributed by atoms with Crippen LogP contribution < -0.4 is 11.1 Å². The largest absolute Gasteiger partial charge is 0.480 e. The minimum atomic E-state index is -1.37. The SMILES string of the molecule is CC[C@H](C)[C@H](N)C(=O)N1CCC[C@H]1C(=O)N[C@@H](CO)C(=O)O. The van der Waals surface area contributed by atoms with Gasteiger partial charge in [0.15, 0.2) is 0 Å². The normalized spacial score (nSPS) is 22.0. The number of nitrogens with zero attached hydrogens (tertiary/aromatic N) is 1. The van der Waals surface area contributed by atoms with Crippen LogP contribution in [0.4, 0.5) is 0 Å². The summed E-state index contributed by atoms with van der Waals surface area (Å²) in [7, 11) is 0. The van der Waals surface area contributed by atoms with Gasteiger partial charge in [0.05, 0.1) is 12.6 Å². The maximum atomic E-state index is 12.4. The van der Waals surface area contributed by atoms with E-state index in [1.807, 2.05) is 13.8 Å². The van der Waals surface area contributed by atoms with Crippen molar-refractivity contribution in [3.8, 4) is 0 Å². The maximum Gasteiger partial charge on any atom is 0.328 e. The lowest BCUT2D eigenvalue weighted by Crippen LogP contribution is -2.55. The minimum absolute atomic E-state index is 0.000945. The Morgan fingerprint density at radius 1 is 1.41 bits per heavy atom. The molecular weight excluding hydrogens is 290 g/mol. The molecule has 5 N–H and O–H groups in total. The summed E-state index contributed by atoms with van der Waals surface area (Å²) in [6.07, 6.45) is 1.87. The molecule has 0 bridgehead atoms. The Balaban J connectivity index is 2.75. The molecule has 4 atom stereocenters. The predicted molar refractivity (Wildman–Crippen MR) is 78.8 cm³/mol. The number of carbonyl (C=O) groups is 3. The van der Waals surface area contributed by atoms with Crippen molar-refractivity contribution < 1.29 is 24.6 Å². The summed E-state index contributed by atoms with van der Waals surface area (Å²) in [6, 6.07) is -2.77. The molecule has 0 spiro atoms. The fourth-order valence-corrected chi connectivity index (χ4v) is 2.45. The highest BCUT2D eigenvalue weighted by Crippen LogP contribution is 2.20. The van der Waals surface area contributed by atoms with Gasteiger partial charge in [-0.05, 0) is 18.8 Å². The predicted octanol–water partition coefficient (Wildman–Crippen LogP) is -1.09. The monoisotopic (exact) mass is 315 g/mol. The Morgan fingerprint density at radius 3 is 2.55 bits per heavy atom. The van der Waals surface area contributed by atoms with Gasteiger partial charge in [0.1, 0.15) is 12.1 Å². The van der Waals surface area contributed by atoms with E-state index in [1.54, 1.807) is 0 Å². The van der Waals surface area contributed by atoms with E-state index in [-0.39, 0.29) is 11.8 Å². The van der Waals surface area contributed by atoms with Crippen molar-refractivity contribution in [1.29, 1.82) is 0 Å². The molecule has 0 saturated carbocycles. The number of carboxylic acids is 1. The number of amides is 2. The number of likely N-dealkylation sites (tertiary alicyclic amines) is 1. The van der Waals surface area contributed by atoms with Gasteiger partial charge in [-0.2, -0.15) is 0 Å². The summed E-state index contributed by atoms with van der Waals surface area (Å²) < 4.78 is 0. The number of aliphatic hydroxyl groups is 1. The van der Waals surface area contributed by atoms with E-state index < -0.39 is 36.6 Å². The van der Waals surface area contributed by atoms with E-state index in [2.05, 4.69) is 5.32 Å². The number of aliphatic hydroxyl groups excluding tert-OH is 1. The molecule has 0 aromatic rings. The Morgan fingerprint density at radius 2 is 2.05 bits per heavy atom. The molecule has 8 nitrogen and oxygen atoms in total. The molecule has 1 aliphatic rings. The molecule has 1 fully saturated rings. The van der Waals surface area contributed by atoms with Crippen LogP contribution in [0.25, 0.3) is 0 Å². The van der Waals surface area contributed by atoms with Crippen molar-refractivity contribution in [1.82, 2.24) is 10.2 Å². The Labute approximate surface area is 129 Å². The van der Waals surface area contributed by atoms with Crippen molar-refractivity contribution in [2.75, 3.05) is 13.2 Å². The van der Waals surface area contributed by atoms with Crippen molar-refractivity contribution in [2.45, 2.75) is 51.2 Å². The smallest absolute Gasteiger partial charge is 0.328 e. The number of rotatable bonds is 7. The summed E-state index contributed by atoms with van der Waals surface area (Å²) in [5, 5.41) is 20.1. The summed E-state index contributed by atoms with van der Waals surface area (Å²) >= 11 is 0. The lowest BCUT2D eigenvalue weighted by Gasteiger charge is -2.29. The van der Waals surface area contributed by atoms with Crippen LogP contribution in [-0.2, 0) is 14.4 Å². The summed E-state index contributed by atoms with van der Waals surface area (Å²) in [4.78, 5) is 36.9. The zero-order valence-corrected chi connectivity index (χ0v) is 13.0.